The number of hydrogen-bond donors (Lipinski definition) is 1. The van der Waals surface area contributed by atoms with Crippen LogP contribution in [0, 0.1) is 0 Å². The molecule has 0 aliphatic heterocycles. The van der Waals surface area contributed by atoms with E-state index < -0.39 is 10.4 Å². The van der Waals surface area contributed by atoms with Crippen molar-refractivity contribution in [3.05, 3.63) is 0 Å². The highest BCUT2D eigenvalue weighted by Gasteiger charge is 1.99. The monoisotopic (exact) mass is 135 g/mol. The Labute approximate surface area is 38.1 Å². The second-order valence-corrected chi connectivity index (χ2v) is 1.47. The van der Waals surface area contributed by atoms with Gasteiger partial charge in [-0.05, 0) is 8.91 Å². The molecule has 7 heavy (non-hydrogen) atoms. The van der Waals surface area contributed by atoms with Gasteiger partial charge in [0.05, 0.1) is 0 Å². The Balaban J connectivity index is 0. The highest BCUT2D eigenvalue weighted by atomic mass is 32.3. The molecule has 0 aromatic carbocycles. The molecule has 7 heteroatoms. The minimum atomic E-state index is -4.83. The Hall–Kier alpha value is -0.270. The van der Waals surface area contributed by atoms with Gasteiger partial charge in [-0.15, -0.1) is 0 Å². The Kier molecular flexibility index (Phi) is 3.99. The molecule has 0 amide bonds. The molecular formula is HF2O4S. The third-order valence-corrected chi connectivity index (χ3v) is 0.239. The van der Waals surface area contributed by atoms with Crippen molar-refractivity contribution in [3.8, 4) is 0 Å². The van der Waals surface area contributed by atoms with E-state index in [4.69, 9.17) is 13.0 Å². The van der Waals surface area contributed by atoms with Crippen LogP contribution in [0.25, 0.3) is 0 Å². The lowest BCUT2D eigenvalue weighted by Gasteiger charge is -1.75. The fourth-order valence-electron chi connectivity index (χ4n) is 0. The van der Waals surface area contributed by atoms with Crippen LogP contribution in [0.4, 0.5) is 9.23 Å². The predicted octanol–water partition coefficient (Wildman–Crippen LogP) is 0.111. The third-order valence-electron chi connectivity index (χ3n) is 0.0796. The van der Waals surface area contributed by atoms with Crippen molar-refractivity contribution in [2.24, 2.45) is 0 Å². The third kappa shape index (κ3) is 10.7. The summed E-state index contributed by atoms with van der Waals surface area (Å²) in [5.41, 5.74) is 0. The van der Waals surface area contributed by atoms with Crippen LogP contribution in [0.2, 0.25) is 0 Å². The molecule has 0 heterocycles. The molecule has 0 saturated heterocycles. The number of rotatable bonds is 1. The summed E-state index contributed by atoms with van der Waals surface area (Å²) >= 11 is 0. The van der Waals surface area contributed by atoms with Crippen LogP contribution in [0.15, 0.2) is 0 Å². The van der Waals surface area contributed by atoms with E-state index in [2.05, 4.69) is 0 Å². The normalized spacial score (nSPS) is 10.0. The fraction of sp³-hybridized carbons (Fsp3) is 0. The van der Waals surface area contributed by atoms with E-state index in [0.717, 1.165) is 0 Å². The van der Waals surface area contributed by atoms with Crippen molar-refractivity contribution in [1.82, 2.24) is 0 Å². The minimum Gasteiger partial charge on any atom is -0.262 e. The molecular weight excluding hydrogens is 134 g/mol. The Morgan fingerprint density at radius 1 is 1.57 bits per heavy atom. The van der Waals surface area contributed by atoms with Gasteiger partial charge in [-0.3, -0.25) is 4.55 Å². The lowest BCUT2D eigenvalue weighted by Crippen LogP contribution is -1.93. The summed E-state index contributed by atoms with van der Waals surface area (Å²) in [4.78, 5) is 0. The summed E-state index contributed by atoms with van der Waals surface area (Å²) < 4.78 is 37.2. The first-order valence-corrected chi connectivity index (χ1v) is 2.20. The van der Waals surface area contributed by atoms with Crippen molar-refractivity contribution in [3.63, 3.8) is 0 Å². The molecule has 1 N–H and O–H groups in total. The summed E-state index contributed by atoms with van der Waals surface area (Å²) in [6.07, 6.45) is 0. The Morgan fingerprint density at radius 2 is 1.71 bits per heavy atom. The van der Waals surface area contributed by atoms with Crippen molar-refractivity contribution in [2.75, 3.05) is 0 Å². The molecule has 0 bridgehead atoms. The molecule has 0 rings (SSSR count). The summed E-state index contributed by atoms with van der Waals surface area (Å²) in [5.74, 6) is 0. The summed E-state index contributed by atoms with van der Waals surface area (Å²) in [5, 5.41) is 0. The Morgan fingerprint density at radius 3 is 1.71 bits per heavy atom. The average molecular weight is 135 g/mol. The molecule has 0 aliphatic carbocycles. The van der Waals surface area contributed by atoms with Crippen molar-refractivity contribution in [2.45, 2.75) is 0 Å². The highest BCUT2D eigenvalue weighted by Crippen LogP contribution is 1.81. The summed E-state index contributed by atoms with van der Waals surface area (Å²) in [6, 6.07) is 0. The SMILES string of the molecule is O=S(=O)(O)OF.[F]. The smallest absolute Gasteiger partial charge is 0.262 e. The fourth-order valence-corrected chi connectivity index (χ4v) is 0. The van der Waals surface area contributed by atoms with Crippen molar-refractivity contribution < 1.29 is 26.6 Å². The van der Waals surface area contributed by atoms with Crippen LogP contribution >= 0.6 is 0 Å². The van der Waals surface area contributed by atoms with Crippen LogP contribution in [0.5, 0.6) is 0 Å². The zero-order valence-electron chi connectivity index (χ0n) is 2.84. The molecule has 0 aliphatic rings. The maximum Gasteiger partial charge on any atom is 0.428 e. The number of halogens is 2. The van der Waals surface area contributed by atoms with Gasteiger partial charge in [0.25, 0.3) is 0 Å². The van der Waals surface area contributed by atoms with Gasteiger partial charge in [0.2, 0.25) is 0 Å². The molecule has 0 saturated carbocycles. The largest absolute Gasteiger partial charge is 0.428 e. The zero-order chi connectivity index (χ0) is 5.21. The quantitative estimate of drug-likeness (QED) is 0.518. The van der Waals surface area contributed by atoms with Gasteiger partial charge in [-0.25, -0.2) is 0 Å². The van der Waals surface area contributed by atoms with Gasteiger partial charge in [0.1, 0.15) is 0 Å². The summed E-state index contributed by atoms with van der Waals surface area (Å²) in [6.45, 7) is 0. The average Bonchev–Trinajstić information content (AvgIpc) is 1.35. The maximum atomic E-state index is 10.2. The standard InChI is InChI=1S/FHO4S.F/c1-5-6(2,3)4;/h(H,2,3,4);. The second kappa shape index (κ2) is 2.83. The Bertz CT molecular complexity index is 112. The van der Waals surface area contributed by atoms with E-state index in [1.807, 2.05) is 4.39 Å². The van der Waals surface area contributed by atoms with Crippen molar-refractivity contribution >= 4 is 10.4 Å². The molecule has 4 nitrogen and oxygen atoms in total. The predicted molar refractivity (Wildman–Crippen MR) is 14.8 cm³/mol. The lowest BCUT2D eigenvalue weighted by molar-refractivity contribution is -0.0113. The van der Waals surface area contributed by atoms with Crippen LogP contribution in [0.3, 0.4) is 0 Å². The molecule has 0 aromatic rings. The second-order valence-electron chi connectivity index (χ2n) is 0.491. The minimum absolute atomic E-state index is 0. The molecule has 0 fully saturated rings. The van der Waals surface area contributed by atoms with Gasteiger partial charge < -0.3 is 0 Å². The van der Waals surface area contributed by atoms with E-state index in [0.29, 0.717) is 0 Å². The topological polar surface area (TPSA) is 63.6 Å². The van der Waals surface area contributed by atoms with Gasteiger partial charge >= 0.3 is 10.4 Å². The van der Waals surface area contributed by atoms with E-state index in [1.54, 1.807) is 0 Å². The first kappa shape index (κ1) is 9.88. The van der Waals surface area contributed by atoms with Gasteiger partial charge in [0, 0.05) is 4.70 Å². The van der Waals surface area contributed by atoms with Crippen LogP contribution < -0.4 is 0 Å². The highest BCUT2D eigenvalue weighted by molar-refractivity contribution is 7.80. The van der Waals surface area contributed by atoms with Gasteiger partial charge in [-0.1, -0.05) is 0 Å². The lowest BCUT2D eigenvalue weighted by atomic mass is 15.6. The van der Waals surface area contributed by atoms with Crippen LogP contribution in [-0.2, 0) is 14.8 Å². The number of hydrogen-bond acceptors (Lipinski definition) is 3. The van der Waals surface area contributed by atoms with E-state index in [9.17, 15) is 4.53 Å². The molecule has 0 spiro atoms. The van der Waals surface area contributed by atoms with E-state index >= 15 is 0 Å². The van der Waals surface area contributed by atoms with Gasteiger partial charge in [-0.2, -0.15) is 8.42 Å². The molecule has 0 unspecified atom stereocenters. The van der Waals surface area contributed by atoms with E-state index in [1.165, 1.54) is 0 Å². The first-order chi connectivity index (χ1) is 2.56. The summed E-state index contributed by atoms with van der Waals surface area (Å²) in [7, 11) is -4.83. The van der Waals surface area contributed by atoms with Gasteiger partial charge in [0.15, 0.2) is 0 Å². The first-order valence-electron chi connectivity index (χ1n) is 0.837. The van der Waals surface area contributed by atoms with E-state index in [-0.39, 0.29) is 4.70 Å². The van der Waals surface area contributed by atoms with Crippen molar-refractivity contribution in [1.29, 1.82) is 0 Å². The molecule has 45 valence electrons. The van der Waals surface area contributed by atoms with Crippen LogP contribution in [0.1, 0.15) is 0 Å². The maximum absolute atomic E-state index is 10.2. The molecule has 0 atom stereocenters. The zero-order valence-corrected chi connectivity index (χ0v) is 3.65. The van der Waals surface area contributed by atoms with Crippen LogP contribution in [-0.4, -0.2) is 13.0 Å². The molecule has 1 radical (unpaired) electrons. The molecule has 0 aromatic heterocycles.